The van der Waals surface area contributed by atoms with E-state index in [0.717, 1.165) is 6.07 Å². The van der Waals surface area contributed by atoms with E-state index in [1.54, 1.807) is 23.1 Å². The molecule has 1 amide bonds. The molecule has 0 unspecified atom stereocenters. The lowest BCUT2D eigenvalue weighted by Crippen LogP contribution is -2.46. The van der Waals surface area contributed by atoms with Crippen molar-refractivity contribution in [3.63, 3.8) is 0 Å². The number of nitrogens with zero attached hydrogens (tertiary/aromatic N) is 3. The number of hydrogen-bond donors (Lipinski definition) is 1. The van der Waals surface area contributed by atoms with Gasteiger partial charge in [0.05, 0.1) is 5.69 Å². The molecular weight excluding hydrogens is 304 g/mol. The molecule has 5 nitrogen and oxygen atoms in total. The van der Waals surface area contributed by atoms with Crippen molar-refractivity contribution < 1.29 is 18.8 Å². The van der Waals surface area contributed by atoms with Crippen LogP contribution >= 0.6 is 0 Å². The number of hydrogen-bond acceptors (Lipinski definition) is 4. The molecule has 23 heavy (non-hydrogen) atoms. The van der Waals surface area contributed by atoms with Crippen molar-refractivity contribution in [2.45, 2.75) is 0 Å². The average Bonchev–Trinajstić information content (AvgIpc) is 2.57. The molecule has 1 N–H and O–H groups in total. The van der Waals surface area contributed by atoms with Crippen LogP contribution in [-0.2, 0) is 0 Å². The van der Waals surface area contributed by atoms with E-state index in [4.69, 9.17) is 0 Å². The van der Waals surface area contributed by atoms with Crippen LogP contribution in [0.2, 0.25) is 0 Å². The molecule has 0 saturated carbocycles. The molecule has 1 fully saturated rings. The number of amides is 1. The first kappa shape index (κ1) is 15.4. The number of aromatic nitrogens is 1. The molecule has 0 radical (unpaired) electrons. The molecule has 0 spiro atoms. The summed E-state index contributed by atoms with van der Waals surface area (Å²) in [6, 6.07) is 8.80. The van der Waals surface area contributed by atoms with Gasteiger partial charge in [0.2, 0.25) is 0 Å². The lowest BCUT2D eigenvalue weighted by Gasteiger charge is -2.29. The fourth-order valence-electron chi connectivity index (χ4n) is 2.43. The lowest BCUT2D eigenvalue weighted by molar-refractivity contribution is -0.0170. The Morgan fingerprint density at radius 2 is 1.87 bits per heavy atom. The van der Waals surface area contributed by atoms with Crippen LogP contribution in [0.25, 0.3) is 11.3 Å². The van der Waals surface area contributed by atoms with Gasteiger partial charge in [-0.05, 0) is 30.3 Å². The van der Waals surface area contributed by atoms with Crippen LogP contribution in [0.4, 0.5) is 8.87 Å². The Hall–Kier alpha value is -2.54. The van der Waals surface area contributed by atoms with Crippen LogP contribution in [0.15, 0.2) is 36.4 Å². The number of halogens is 2. The maximum atomic E-state index is 13.1. The van der Waals surface area contributed by atoms with Crippen molar-refractivity contribution in [3.05, 3.63) is 47.9 Å². The van der Waals surface area contributed by atoms with Crippen molar-refractivity contribution in [1.82, 2.24) is 15.0 Å². The van der Waals surface area contributed by atoms with Gasteiger partial charge in [-0.1, -0.05) is 6.07 Å². The van der Waals surface area contributed by atoms with E-state index in [1.807, 2.05) is 0 Å². The highest BCUT2D eigenvalue weighted by Crippen LogP contribution is 2.24. The summed E-state index contributed by atoms with van der Waals surface area (Å²) in [7, 11) is 0. The number of phenols is 1. The summed E-state index contributed by atoms with van der Waals surface area (Å²) in [4.78, 5) is 18.2. The van der Waals surface area contributed by atoms with Crippen LogP contribution < -0.4 is 0 Å². The standard InChI is InChI=1S/C16H15F2N3O2/c17-12-5-4-11(10-15(12)22)13-2-1-3-14(19-13)16(23)20-6-8-21(18)9-7-20/h1-5,10,22H,6-9H2. The van der Waals surface area contributed by atoms with E-state index in [-0.39, 0.29) is 24.7 Å². The first-order valence-corrected chi connectivity index (χ1v) is 7.20. The van der Waals surface area contributed by atoms with Crippen molar-refractivity contribution >= 4 is 5.91 Å². The third kappa shape index (κ3) is 3.29. The number of piperazine rings is 1. The average molecular weight is 319 g/mol. The minimum absolute atomic E-state index is 0.178. The molecule has 1 aliphatic heterocycles. The summed E-state index contributed by atoms with van der Waals surface area (Å²) in [6.45, 7) is 0.964. The van der Waals surface area contributed by atoms with Gasteiger partial charge in [0.1, 0.15) is 5.69 Å². The number of pyridine rings is 1. The summed E-state index contributed by atoms with van der Waals surface area (Å²) in [6.07, 6.45) is 0. The maximum absolute atomic E-state index is 13.1. The van der Waals surface area contributed by atoms with Crippen molar-refractivity contribution in [3.8, 4) is 17.0 Å². The van der Waals surface area contributed by atoms with Gasteiger partial charge in [-0.15, -0.1) is 9.60 Å². The number of carbonyl (C=O) groups is 1. The fourth-order valence-corrected chi connectivity index (χ4v) is 2.43. The largest absolute Gasteiger partial charge is 0.505 e. The SMILES string of the molecule is O=C(c1cccc(-c2ccc(F)c(O)c2)n1)N1CCN(F)CC1. The van der Waals surface area contributed by atoms with E-state index in [2.05, 4.69) is 4.98 Å². The second kappa shape index (κ2) is 6.29. The highest BCUT2D eigenvalue weighted by atomic mass is 19.2. The summed E-state index contributed by atoms with van der Waals surface area (Å²) in [5, 5.41) is 10.1. The Balaban J connectivity index is 1.84. The molecule has 7 heteroatoms. The smallest absolute Gasteiger partial charge is 0.272 e. The zero-order valence-corrected chi connectivity index (χ0v) is 12.2. The van der Waals surface area contributed by atoms with Crippen LogP contribution in [-0.4, -0.2) is 52.2 Å². The molecule has 120 valence electrons. The number of aromatic hydroxyl groups is 1. The van der Waals surface area contributed by atoms with Crippen molar-refractivity contribution in [1.29, 1.82) is 0 Å². The predicted octanol–water partition coefficient (Wildman–Crippen LogP) is 2.24. The minimum atomic E-state index is -0.718. The van der Waals surface area contributed by atoms with E-state index in [0.29, 0.717) is 29.5 Å². The summed E-state index contributed by atoms with van der Waals surface area (Å²) in [5.74, 6) is -1.46. The fraction of sp³-hybridized carbons (Fsp3) is 0.250. The zero-order chi connectivity index (χ0) is 16.4. The third-order valence-electron chi connectivity index (χ3n) is 3.72. The molecule has 0 bridgehead atoms. The van der Waals surface area contributed by atoms with Crippen LogP contribution in [0.1, 0.15) is 10.5 Å². The topological polar surface area (TPSA) is 56.7 Å². The molecule has 1 saturated heterocycles. The van der Waals surface area contributed by atoms with Gasteiger partial charge in [0.15, 0.2) is 11.6 Å². The highest BCUT2D eigenvalue weighted by Gasteiger charge is 2.23. The molecule has 0 atom stereocenters. The Morgan fingerprint density at radius 3 is 2.57 bits per heavy atom. The van der Waals surface area contributed by atoms with Crippen molar-refractivity contribution in [2.75, 3.05) is 26.2 Å². The van der Waals surface area contributed by atoms with E-state index < -0.39 is 11.6 Å². The molecule has 2 aromatic rings. The van der Waals surface area contributed by atoms with E-state index in [1.165, 1.54) is 12.1 Å². The van der Waals surface area contributed by atoms with Crippen LogP contribution in [0, 0.1) is 5.82 Å². The number of carbonyl (C=O) groups excluding carboxylic acids is 1. The van der Waals surface area contributed by atoms with E-state index in [9.17, 15) is 18.8 Å². The molecule has 1 aromatic heterocycles. The third-order valence-corrected chi connectivity index (χ3v) is 3.72. The van der Waals surface area contributed by atoms with Gasteiger partial charge in [-0.2, -0.15) is 0 Å². The van der Waals surface area contributed by atoms with Gasteiger partial charge in [0, 0.05) is 31.7 Å². The Morgan fingerprint density at radius 1 is 1.13 bits per heavy atom. The molecule has 3 rings (SSSR count). The number of benzene rings is 1. The van der Waals surface area contributed by atoms with Gasteiger partial charge < -0.3 is 10.0 Å². The normalized spacial score (nSPS) is 15.7. The van der Waals surface area contributed by atoms with Gasteiger partial charge in [-0.3, -0.25) is 4.79 Å². The molecule has 0 aliphatic carbocycles. The second-order valence-electron chi connectivity index (χ2n) is 5.28. The maximum Gasteiger partial charge on any atom is 0.272 e. The summed E-state index contributed by atoms with van der Waals surface area (Å²) < 4.78 is 26.1. The molecule has 1 aliphatic rings. The Bertz CT molecular complexity index is 731. The van der Waals surface area contributed by atoms with Crippen molar-refractivity contribution in [2.24, 2.45) is 0 Å². The molecule has 2 heterocycles. The highest BCUT2D eigenvalue weighted by molar-refractivity contribution is 5.93. The lowest BCUT2D eigenvalue weighted by atomic mass is 10.1. The summed E-state index contributed by atoms with van der Waals surface area (Å²) in [5.41, 5.74) is 1.20. The Kier molecular flexibility index (Phi) is 4.20. The van der Waals surface area contributed by atoms with E-state index >= 15 is 0 Å². The van der Waals surface area contributed by atoms with Gasteiger partial charge >= 0.3 is 0 Å². The predicted molar refractivity (Wildman–Crippen MR) is 79.9 cm³/mol. The Labute approximate surface area is 131 Å². The number of phenolic OH excluding ortho intramolecular Hbond substituents is 1. The molecular formula is C16H15F2N3O2. The van der Waals surface area contributed by atoms with Crippen LogP contribution in [0.3, 0.4) is 0 Å². The monoisotopic (exact) mass is 319 g/mol. The quantitative estimate of drug-likeness (QED) is 0.863. The zero-order valence-electron chi connectivity index (χ0n) is 12.2. The first-order valence-electron chi connectivity index (χ1n) is 7.20. The van der Waals surface area contributed by atoms with Gasteiger partial charge in [0.25, 0.3) is 5.91 Å². The molecule has 1 aromatic carbocycles. The second-order valence-corrected chi connectivity index (χ2v) is 5.28. The van der Waals surface area contributed by atoms with Gasteiger partial charge in [-0.25, -0.2) is 9.37 Å². The number of rotatable bonds is 2. The minimum Gasteiger partial charge on any atom is -0.505 e. The first-order chi connectivity index (χ1) is 11.0. The summed E-state index contributed by atoms with van der Waals surface area (Å²) >= 11 is 0. The van der Waals surface area contributed by atoms with Crippen LogP contribution in [0.5, 0.6) is 5.75 Å².